The molecule has 0 heterocycles. The van der Waals surface area contributed by atoms with Gasteiger partial charge in [-0.2, -0.15) is 0 Å². The normalized spacial score (nSPS) is 14.5. The van der Waals surface area contributed by atoms with Crippen molar-refractivity contribution in [2.75, 3.05) is 0 Å². The lowest BCUT2D eigenvalue weighted by Crippen LogP contribution is -1.93. The van der Waals surface area contributed by atoms with Crippen LogP contribution in [-0.4, -0.2) is 0 Å². The SMILES string of the molecule is CC=C(C=C(C)C(C)C)CC(C)C. The van der Waals surface area contributed by atoms with Crippen LogP contribution in [0.5, 0.6) is 0 Å². The molecule has 0 N–H and O–H groups in total. The van der Waals surface area contributed by atoms with Crippen molar-refractivity contribution in [1.82, 2.24) is 0 Å². The van der Waals surface area contributed by atoms with Gasteiger partial charge in [0.05, 0.1) is 0 Å². The Morgan fingerprint density at radius 2 is 1.69 bits per heavy atom. The van der Waals surface area contributed by atoms with Crippen molar-refractivity contribution >= 4 is 0 Å². The summed E-state index contributed by atoms with van der Waals surface area (Å²) in [5, 5.41) is 0. The third-order valence-electron chi connectivity index (χ3n) is 2.34. The van der Waals surface area contributed by atoms with E-state index in [4.69, 9.17) is 0 Å². The molecule has 13 heavy (non-hydrogen) atoms. The van der Waals surface area contributed by atoms with Crippen molar-refractivity contribution in [3.63, 3.8) is 0 Å². The van der Waals surface area contributed by atoms with Crippen molar-refractivity contribution in [3.8, 4) is 0 Å². The molecule has 0 bridgehead atoms. The molecule has 0 aliphatic carbocycles. The lowest BCUT2D eigenvalue weighted by molar-refractivity contribution is 0.647. The summed E-state index contributed by atoms with van der Waals surface area (Å²) in [6.45, 7) is 13.4. The Kier molecular flexibility index (Phi) is 5.77. The molecule has 0 aromatic carbocycles. The van der Waals surface area contributed by atoms with Crippen LogP contribution in [0.3, 0.4) is 0 Å². The van der Waals surface area contributed by atoms with E-state index in [9.17, 15) is 0 Å². The summed E-state index contributed by atoms with van der Waals surface area (Å²) < 4.78 is 0. The fourth-order valence-electron chi connectivity index (χ4n) is 1.19. The summed E-state index contributed by atoms with van der Waals surface area (Å²) in [6, 6.07) is 0. The maximum atomic E-state index is 2.34. The van der Waals surface area contributed by atoms with Crippen molar-refractivity contribution in [3.05, 3.63) is 23.3 Å². The van der Waals surface area contributed by atoms with Crippen molar-refractivity contribution in [2.45, 2.75) is 48.0 Å². The third kappa shape index (κ3) is 5.68. The Morgan fingerprint density at radius 3 is 2.00 bits per heavy atom. The van der Waals surface area contributed by atoms with Crippen molar-refractivity contribution in [1.29, 1.82) is 0 Å². The average molecular weight is 180 g/mol. The molecular formula is C13H24. The van der Waals surface area contributed by atoms with Crippen molar-refractivity contribution in [2.24, 2.45) is 11.8 Å². The van der Waals surface area contributed by atoms with E-state index < -0.39 is 0 Å². The molecule has 0 unspecified atom stereocenters. The van der Waals surface area contributed by atoms with Gasteiger partial charge in [0.2, 0.25) is 0 Å². The zero-order chi connectivity index (χ0) is 10.4. The maximum Gasteiger partial charge on any atom is -0.0259 e. The van der Waals surface area contributed by atoms with Crippen LogP contribution < -0.4 is 0 Å². The minimum absolute atomic E-state index is 0.669. The Hall–Kier alpha value is -0.520. The second-order valence-electron chi connectivity index (χ2n) is 4.50. The van der Waals surface area contributed by atoms with Crippen LogP contribution in [0.25, 0.3) is 0 Å². The molecule has 0 radical (unpaired) electrons. The monoisotopic (exact) mass is 180 g/mol. The highest BCUT2D eigenvalue weighted by Gasteiger charge is 2.00. The Bertz CT molecular complexity index is 192. The molecule has 0 aliphatic rings. The Morgan fingerprint density at radius 1 is 1.15 bits per heavy atom. The quantitative estimate of drug-likeness (QED) is 0.555. The predicted octanol–water partition coefficient (Wildman–Crippen LogP) is 4.58. The van der Waals surface area contributed by atoms with E-state index in [1.165, 1.54) is 17.6 Å². The molecule has 0 spiro atoms. The molecule has 0 aromatic rings. The molecule has 0 nitrogen and oxygen atoms in total. The first-order valence-corrected chi connectivity index (χ1v) is 5.30. The molecule has 76 valence electrons. The molecule has 0 saturated carbocycles. The number of hydrogen-bond donors (Lipinski definition) is 0. The van der Waals surface area contributed by atoms with E-state index in [0.29, 0.717) is 5.92 Å². The van der Waals surface area contributed by atoms with Gasteiger partial charge in [-0.15, -0.1) is 0 Å². The third-order valence-corrected chi connectivity index (χ3v) is 2.34. The first-order valence-electron chi connectivity index (χ1n) is 5.30. The van der Waals surface area contributed by atoms with E-state index in [1.807, 2.05) is 0 Å². The van der Waals surface area contributed by atoms with E-state index in [1.54, 1.807) is 0 Å². The van der Waals surface area contributed by atoms with Gasteiger partial charge in [0.15, 0.2) is 0 Å². The molecule has 0 rings (SSSR count). The van der Waals surface area contributed by atoms with E-state index in [2.05, 4.69) is 53.7 Å². The van der Waals surface area contributed by atoms with Crippen molar-refractivity contribution < 1.29 is 0 Å². The first kappa shape index (κ1) is 12.5. The zero-order valence-corrected chi connectivity index (χ0v) is 10.0. The van der Waals surface area contributed by atoms with Crippen LogP contribution in [0.15, 0.2) is 23.3 Å². The molecule has 0 aromatic heterocycles. The molecule has 0 aliphatic heterocycles. The van der Waals surface area contributed by atoms with Gasteiger partial charge >= 0.3 is 0 Å². The molecule has 0 saturated heterocycles. The van der Waals surface area contributed by atoms with Crippen LogP contribution in [-0.2, 0) is 0 Å². The highest BCUT2D eigenvalue weighted by molar-refractivity contribution is 5.23. The van der Waals surface area contributed by atoms with Crippen LogP contribution in [0.4, 0.5) is 0 Å². The fraction of sp³-hybridized carbons (Fsp3) is 0.692. The fourth-order valence-corrected chi connectivity index (χ4v) is 1.19. The molecule has 0 amide bonds. The average Bonchev–Trinajstić information content (AvgIpc) is 2.02. The lowest BCUT2D eigenvalue weighted by Gasteiger charge is -2.09. The molecule has 0 heteroatoms. The van der Waals surface area contributed by atoms with Gasteiger partial charge in [-0.1, -0.05) is 51.0 Å². The van der Waals surface area contributed by atoms with Gasteiger partial charge in [0.1, 0.15) is 0 Å². The summed E-state index contributed by atoms with van der Waals surface area (Å²) in [6.07, 6.45) is 5.76. The van der Waals surface area contributed by atoms with Gasteiger partial charge in [-0.05, 0) is 32.1 Å². The number of rotatable bonds is 4. The first-order chi connectivity index (χ1) is 5.97. The summed E-state index contributed by atoms with van der Waals surface area (Å²) in [5.41, 5.74) is 2.95. The number of allylic oxidation sites excluding steroid dienone is 4. The van der Waals surface area contributed by atoms with E-state index in [0.717, 1.165) is 5.92 Å². The van der Waals surface area contributed by atoms with Gasteiger partial charge in [0.25, 0.3) is 0 Å². The predicted molar refractivity (Wildman–Crippen MR) is 61.8 cm³/mol. The Labute approximate surface area is 83.7 Å². The molecule has 0 atom stereocenters. The van der Waals surface area contributed by atoms with Gasteiger partial charge in [-0.25, -0.2) is 0 Å². The Balaban J connectivity index is 4.37. The topological polar surface area (TPSA) is 0 Å². The highest BCUT2D eigenvalue weighted by Crippen LogP contribution is 2.17. The van der Waals surface area contributed by atoms with Gasteiger partial charge < -0.3 is 0 Å². The standard InChI is InChI=1S/C13H24/c1-7-13(8-10(2)3)9-12(6)11(4)5/h7,9-11H,8H2,1-6H3. The summed E-state index contributed by atoms with van der Waals surface area (Å²) in [5.74, 6) is 1.42. The molecule has 0 fully saturated rings. The summed E-state index contributed by atoms with van der Waals surface area (Å²) in [7, 11) is 0. The number of hydrogen-bond acceptors (Lipinski definition) is 0. The summed E-state index contributed by atoms with van der Waals surface area (Å²) >= 11 is 0. The van der Waals surface area contributed by atoms with Crippen LogP contribution in [0.2, 0.25) is 0 Å². The second-order valence-corrected chi connectivity index (χ2v) is 4.50. The van der Waals surface area contributed by atoms with E-state index >= 15 is 0 Å². The minimum atomic E-state index is 0.669. The lowest BCUT2D eigenvalue weighted by atomic mass is 9.97. The maximum absolute atomic E-state index is 2.34. The van der Waals surface area contributed by atoms with E-state index in [-0.39, 0.29) is 0 Å². The smallest absolute Gasteiger partial charge is 0.0259 e. The second kappa shape index (κ2) is 6.01. The highest BCUT2D eigenvalue weighted by atomic mass is 14.1. The van der Waals surface area contributed by atoms with Crippen LogP contribution in [0.1, 0.15) is 48.0 Å². The summed E-state index contributed by atoms with van der Waals surface area (Å²) in [4.78, 5) is 0. The minimum Gasteiger partial charge on any atom is -0.0844 e. The molecular weight excluding hydrogens is 156 g/mol. The largest absolute Gasteiger partial charge is 0.0844 e. The van der Waals surface area contributed by atoms with Gasteiger partial charge in [-0.3, -0.25) is 0 Å². The van der Waals surface area contributed by atoms with Crippen LogP contribution in [0, 0.1) is 11.8 Å². The zero-order valence-electron chi connectivity index (χ0n) is 10.0. The van der Waals surface area contributed by atoms with Crippen LogP contribution >= 0.6 is 0 Å². The van der Waals surface area contributed by atoms with Gasteiger partial charge in [0, 0.05) is 0 Å².